The summed E-state index contributed by atoms with van der Waals surface area (Å²) in [4.78, 5) is 39.6. The first kappa shape index (κ1) is 18.5. The Bertz CT molecular complexity index is 959. The van der Waals surface area contributed by atoms with Gasteiger partial charge in [0.25, 0.3) is 5.91 Å². The van der Waals surface area contributed by atoms with Crippen LogP contribution in [0.25, 0.3) is 0 Å². The van der Waals surface area contributed by atoms with E-state index in [0.29, 0.717) is 28.9 Å². The summed E-state index contributed by atoms with van der Waals surface area (Å²) in [5, 5.41) is 2.86. The van der Waals surface area contributed by atoms with E-state index in [1.165, 1.54) is 0 Å². The van der Waals surface area contributed by atoms with Crippen LogP contribution in [-0.2, 0) is 9.53 Å². The van der Waals surface area contributed by atoms with Crippen molar-refractivity contribution >= 4 is 23.2 Å². The van der Waals surface area contributed by atoms with Crippen molar-refractivity contribution in [1.82, 2.24) is 0 Å². The molecule has 1 amide bonds. The molecule has 6 nitrogen and oxygen atoms in total. The van der Waals surface area contributed by atoms with Gasteiger partial charge in [0.05, 0.1) is 11.3 Å². The van der Waals surface area contributed by atoms with Gasteiger partial charge in [-0.15, -0.1) is 0 Å². The largest absolute Gasteiger partial charge is 0.364 e. The van der Waals surface area contributed by atoms with Crippen molar-refractivity contribution in [3.63, 3.8) is 0 Å². The van der Waals surface area contributed by atoms with Gasteiger partial charge in [0, 0.05) is 16.7 Å². The highest BCUT2D eigenvalue weighted by Crippen LogP contribution is 2.31. The van der Waals surface area contributed by atoms with Crippen molar-refractivity contribution in [3.8, 4) is 0 Å². The van der Waals surface area contributed by atoms with Crippen LogP contribution in [0.2, 0.25) is 0 Å². The summed E-state index contributed by atoms with van der Waals surface area (Å²) in [5.41, 5.74) is 1.79. The van der Waals surface area contributed by atoms with Crippen molar-refractivity contribution in [2.45, 2.75) is 26.1 Å². The van der Waals surface area contributed by atoms with Crippen molar-refractivity contribution in [1.29, 1.82) is 0 Å². The van der Waals surface area contributed by atoms with Gasteiger partial charge in [-0.1, -0.05) is 36.4 Å². The molecule has 0 bridgehead atoms. The summed E-state index contributed by atoms with van der Waals surface area (Å²) in [5.74, 6) is -0.603. The minimum atomic E-state index is -0.234. The molecule has 1 aliphatic heterocycles. The molecule has 0 saturated carbocycles. The number of rotatable bonds is 3. The number of anilines is 1. The fraction of sp³-hybridized carbons (Fsp3) is 0.318. The molecule has 2 aliphatic rings. The average Bonchev–Trinajstić information content (AvgIpc) is 2.65. The zero-order chi connectivity index (χ0) is 19.8. The molecule has 1 fully saturated rings. The first-order valence-corrected chi connectivity index (χ1v) is 9.54. The third-order valence-electron chi connectivity index (χ3n) is 5.25. The number of nitrogens with one attached hydrogen (secondary N) is 2. The van der Waals surface area contributed by atoms with Crippen LogP contribution in [0.5, 0.6) is 0 Å². The third-order valence-corrected chi connectivity index (χ3v) is 5.25. The van der Waals surface area contributed by atoms with Crippen molar-refractivity contribution in [2.75, 3.05) is 25.0 Å². The second-order valence-corrected chi connectivity index (χ2v) is 7.57. The second kappa shape index (κ2) is 7.30. The molecule has 28 heavy (non-hydrogen) atoms. The number of quaternary nitrogens is 1. The van der Waals surface area contributed by atoms with Crippen LogP contribution >= 0.6 is 0 Å². The van der Waals surface area contributed by atoms with Gasteiger partial charge in [-0.25, -0.2) is 0 Å². The number of amides is 1. The van der Waals surface area contributed by atoms with Crippen LogP contribution in [-0.4, -0.2) is 49.3 Å². The topological polar surface area (TPSA) is 76.9 Å². The lowest BCUT2D eigenvalue weighted by molar-refractivity contribution is -0.907. The summed E-state index contributed by atoms with van der Waals surface area (Å²) in [6.07, 6.45) is 0.207. The van der Waals surface area contributed by atoms with Crippen LogP contribution in [0.15, 0.2) is 42.5 Å². The molecule has 1 heterocycles. The van der Waals surface area contributed by atoms with E-state index in [2.05, 4.69) is 5.32 Å². The van der Waals surface area contributed by atoms with E-state index < -0.39 is 0 Å². The highest BCUT2D eigenvalue weighted by Gasteiger charge is 2.32. The maximum absolute atomic E-state index is 13.0. The van der Waals surface area contributed by atoms with Crippen molar-refractivity contribution in [3.05, 3.63) is 64.7 Å². The minimum Gasteiger partial charge on any atom is -0.364 e. The number of ether oxygens (including phenoxy) is 1. The van der Waals surface area contributed by atoms with Gasteiger partial charge in [0.1, 0.15) is 25.3 Å². The molecule has 2 N–H and O–H groups in total. The van der Waals surface area contributed by atoms with E-state index in [9.17, 15) is 14.4 Å². The van der Waals surface area contributed by atoms with Crippen LogP contribution in [0.3, 0.4) is 0 Å². The monoisotopic (exact) mass is 379 g/mol. The molecular weight excluding hydrogens is 356 g/mol. The highest BCUT2D eigenvalue weighted by molar-refractivity contribution is 6.30. The normalized spacial score (nSPS) is 23.7. The predicted molar refractivity (Wildman–Crippen MR) is 104 cm³/mol. The Hall–Kier alpha value is -2.83. The van der Waals surface area contributed by atoms with Gasteiger partial charge in [-0.3, -0.25) is 14.4 Å². The van der Waals surface area contributed by atoms with E-state index in [-0.39, 0.29) is 35.2 Å². The Morgan fingerprint density at radius 1 is 0.964 bits per heavy atom. The fourth-order valence-corrected chi connectivity index (χ4v) is 4.20. The molecular formula is C22H23N2O4+. The Balaban J connectivity index is 1.58. The Morgan fingerprint density at radius 3 is 2.25 bits per heavy atom. The molecule has 144 valence electrons. The predicted octanol–water partition coefficient (Wildman–Crippen LogP) is 1.09. The summed E-state index contributed by atoms with van der Waals surface area (Å²) in [7, 11) is 0. The van der Waals surface area contributed by atoms with Crippen LogP contribution in [0.1, 0.15) is 45.7 Å². The maximum atomic E-state index is 13.0. The molecule has 4 rings (SSSR count). The van der Waals surface area contributed by atoms with Gasteiger partial charge in [0.2, 0.25) is 0 Å². The van der Waals surface area contributed by atoms with Crippen molar-refractivity contribution in [2.24, 2.45) is 0 Å². The Morgan fingerprint density at radius 2 is 1.57 bits per heavy atom. The van der Waals surface area contributed by atoms with E-state index in [1.807, 2.05) is 13.8 Å². The van der Waals surface area contributed by atoms with E-state index in [1.54, 1.807) is 42.5 Å². The lowest BCUT2D eigenvalue weighted by Gasteiger charge is -2.32. The smallest absolute Gasteiger partial charge is 0.279 e. The number of carbonyl (C=O) groups is 3. The molecule has 2 aromatic rings. The van der Waals surface area contributed by atoms with Gasteiger partial charge >= 0.3 is 0 Å². The Labute approximate surface area is 163 Å². The van der Waals surface area contributed by atoms with Gasteiger partial charge in [0.15, 0.2) is 18.1 Å². The molecule has 2 atom stereocenters. The molecule has 0 unspecified atom stereocenters. The van der Waals surface area contributed by atoms with E-state index in [4.69, 9.17) is 4.74 Å². The standard InChI is InChI=1S/C22H22N2O4/c1-13-10-24(11-14(2)28-13)12-19(25)23-18-9-5-8-17-20(18)22(27)16-7-4-3-6-15(16)21(17)26/h3-9,13-14H,10-12H2,1-2H3,(H,23,25)/p+1/t13-,14-/m1/s1. The number of fused-ring (bicyclic) bond motifs is 2. The van der Waals surface area contributed by atoms with Gasteiger partial charge in [-0.2, -0.15) is 0 Å². The van der Waals surface area contributed by atoms with Gasteiger partial charge in [-0.05, 0) is 19.9 Å². The molecule has 0 radical (unpaired) electrons. The number of carbonyl (C=O) groups excluding carboxylic acids is 3. The van der Waals surface area contributed by atoms with Crippen LogP contribution in [0.4, 0.5) is 5.69 Å². The number of benzene rings is 2. The number of morpholine rings is 1. The first-order valence-electron chi connectivity index (χ1n) is 9.54. The second-order valence-electron chi connectivity index (χ2n) is 7.57. The lowest BCUT2D eigenvalue weighted by Crippen LogP contribution is -3.16. The number of hydrogen-bond donors (Lipinski definition) is 2. The fourth-order valence-electron chi connectivity index (χ4n) is 4.20. The van der Waals surface area contributed by atoms with Gasteiger partial charge < -0.3 is 15.0 Å². The molecule has 0 aromatic heterocycles. The van der Waals surface area contributed by atoms with E-state index >= 15 is 0 Å². The minimum absolute atomic E-state index is 0.103. The molecule has 0 spiro atoms. The molecule has 6 heteroatoms. The third kappa shape index (κ3) is 3.37. The molecule has 2 aromatic carbocycles. The maximum Gasteiger partial charge on any atom is 0.279 e. The SMILES string of the molecule is C[C@@H]1C[NH+](CC(=O)Nc2cccc3c2C(=O)c2ccccc2C3=O)C[C@@H](C)O1. The lowest BCUT2D eigenvalue weighted by atomic mass is 9.83. The Kier molecular flexibility index (Phi) is 4.83. The number of hydrogen-bond acceptors (Lipinski definition) is 4. The zero-order valence-corrected chi connectivity index (χ0v) is 16.0. The summed E-state index contributed by atoms with van der Waals surface area (Å²) in [6, 6.07) is 11.8. The highest BCUT2D eigenvalue weighted by atomic mass is 16.5. The molecule has 1 saturated heterocycles. The van der Waals surface area contributed by atoms with Crippen molar-refractivity contribution < 1.29 is 24.0 Å². The molecule has 1 aliphatic carbocycles. The zero-order valence-electron chi connectivity index (χ0n) is 16.0. The van der Waals surface area contributed by atoms with Crippen LogP contribution < -0.4 is 10.2 Å². The quantitative estimate of drug-likeness (QED) is 0.714. The first-order chi connectivity index (χ1) is 13.4. The summed E-state index contributed by atoms with van der Waals surface area (Å²) in [6.45, 7) is 5.82. The van der Waals surface area contributed by atoms with Crippen LogP contribution in [0, 0.1) is 0 Å². The summed E-state index contributed by atoms with van der Waals surface area (Å²) < 4.78 is 5.72. The average molecular weight is 379 g/mol. The number of ketones is 2. The summed E-state index contributed by atoms with van der Waals surface area (Å²) >= 11 is 0. The van der Waals surface area contributed by atoms with E-state index in [0.717, 1.165) is 18.0 Å².